The van der Waals surface area contributed by atoms with Crippen molar-refractivity contribution >= 4 is 11.9 Å². The van der Waals surface area contributed by atoms with Crippen molar-refractivity contribution in [3.8, 4) is 0 Å². The highest BCUT2D eigenvalue weighted by Crippen LogP contribution is 2.31. The molecule has 0 aliphatic heterocycles. The van der Waals surface area contributed by atoms with Crippen molar-refractivity contribution in [1.82, 2.24) is 0 Å². The Labute approximate surface area is 122 Å². The van der Waals surface area contributed by atoms with Gasteiger partial charge in [0.15, 0.2) is 5.78 Å². The monoisotopic (exact) mass is 294 g/mol. The van der Waals surface area contributed by atoms with Crippen LogP contribution in [-0.4, -0.2) is 5.78 Å². The molecule has 0 amide bonds. The molecule has 2 rings (SSSR count). The number of benzene rings is 1. The largest absolute Gasteiger partial charge is 0.416 e. The first-order valence-corrected chi connectivity index (χ1v) is 6.90. The van der Waals surface area contributed by atoms with Gasteiger partial charge in [-0.05, 0) is 48.1 Å². The number of ketones is 1. The van der Waals surface area contributed by atoms with Gasteiger partial charge in [-0.15, -0.1) is 0 Å². The van der Waals surface area contributed by atoms with Crippen LogP contribution in [0.2, 0.25) is 0 Å². The zero-order valence-corrected chi connectivity index (χ0v) is 12.0. The smallest absolute Gasteiger partial charge is 0.289 e. The molecule has 1 aliphatic rings. The van der Waals surface area contributed by atoms with Crippen molar-refractivity contribution in [2.24, 2.45) is 5.92 Å². The molecule has 0 N–H and O–H groups in total. The fourth-order valence-corrected chi connectivity index (χ4v) is 2.37. The van der Waals surface area contributed by atoms with Crippen molar-refractivity contribution in [2.75, 3.05) is 0 Å². The molecule has 0 atom stereocenters. The molecular formula is C17H17F3O. The van der Waals surface area contributed by atoms with Gasteiger partial charge in [0.05, 0.1) is 5.56 Å². The SMILES string of the molecule is CC(C)/C=C1\CC/C(=C\c2ccc(C(F)(F)F)cc2)C1=O. The molecule has 1 fully saturated rings. The number of carbonyl (C=O) groups is 1. The van der Waals surface area contributed by atoms with Gasteiger partial charge in [-0.3, -0.25) is 4.79 Å². The maximum absolute atomic E-state index is 12.5. The summed E-state index contributed by atoms with van der Waals surface area (Å²) >= 11 is 0. The Kier molecular flexibility index (Phi) is 4.35. The van der Waals surface area contributed by atoms with Crippen LogP contribution in [0.25, 0.3) is 6.08 Å². The number of carbonyl (C=O) groups excluding carboxylic acids is 1. The first-order valence-electron chi connectivity index (χ1n) is 6.90. The molecule has 112 valence electrons. The average molecular weight is 294 g/mol. The molecule has 0 bridgehead atoms. The van der Waals surface area contributed by atoms with Gasteiger partial charge in [-0.1, -0.05) is 32.1 Å². The summed E-state index contributed by atoms with van der Waals surface area (Å²) in [6.07, 6.45) is 0.670. The lowest BCUT2D eigenvalue weighted by Crippen LogP contribution is -2.04. The molecule has 1 aliphatic carbocycles. The van der Waals surface area contributed by atoms with Gasteiger partial charge in [0.2, 0.25) is 0 Å². The number of hydrogen-bond donors (Lipinski definition) is 0. The fraction of sp³-hybridized carbons (Fsp3) is 0.353. The second kappa shape index (κ2) is 5.88. The van der Waals surface area contributed by atoms with E-state index in [1.54, 1.807) is 6.08 Å². The molecule has 0 unspecified atom stereocenters. The molecule has 1 aromatic rings. The molecule has 1 aromatic carbocycles. The van der Waals surface area contributed by atoms with Gasteiger partial charge in [0.1, 0.15) is 0 Å². The van der Waals surface area contributed by atoms with Gasteiger partial charge in [-0.25, -0.2) is 0 Å². The molecule has 4 heteroatoms. The van der Waals surface area contributed by atoms with Crippen LogP contribution in [0.1, 0.15) is 37.8 Å². The molecular weight excluding hydrogens is 277 g/mol. The Morgan fingerprint density at radius 3 is 2.14 bits per heavy atom. The average Bonchev–Trinajstić information content (AvgIpc) is 2.70. The van der Waals surface area contributed by atoms with Gasteiger partial charge in [0, 0.05) is 5.57 Å². The number of rotatable bonds is 2. The predicted octanol–water partition coefficient (Wildman–Crippen LogP) is 5.03. The standard InChI is InChI=1S/C17H17F3O/c1-11(2)9-13-5-6-14(16(13)21)10-12-3-7-15(8-4-12)17(18,19)20/h3-4,7-11H,5-6H2,1-2H3/b13-9+,14-10+. The third kappa shape index (κ3) is 3.84. The highest BCUT2D eigenvalue weighted by atomic mass is 19.4. The van der Waals surface area contributed by atoms with E-state index in [1.165, 1.54) is 12.1 Å². The second-order valence-electron chi connectivity index (χ2n) is 5.55. The van der Waals surface area contributed by atoms with Crippen LogP contribution in [0.5, 0.6) is 0 Å². The molecule has 0 aromatic heterocycles. The zero-order chi connectivity index (χ0) is 15.6. The first kappa shape index (κ1) is 15.5. The van der Waals surface area contributed by atoms with Gasteiger partial charge < -0.3 is 0 Å². The van der Waals surface area contributed by atoms with Gasteiger partial charge >= 0.3 is 6.18 Å². The molecule has 0 saturated heterocycles. The van der Waals surface area contributed by atoms with E-state index in [9.17, 15) is 18.0 Å². The summed E-state index contributed by atoms with van der Waals surface area (Å²) in [6, 6.07) is 4.87. The van der Waals surface area contributed by atoms with Crippen LogP contribution in [0, 0.1) is 5.92 Å². The van der Waals surface area contributed by atoms with Crippen LogP contribution in [0.3, 0.4) is 0 Å². The summed E-state index contributed by atoms with van der Waals surface area (Å²) in [5.74, 6) is 0.331. The van der Waals surface area contributed by atoms with Crippen molar-refractivity contribution in [2.45, 2.75) is 32.9 Å². The van der Waals surface area contributed by atoms with Crippen molar-refractivity contribution in [3.05, 3.63) is 52.6 Å². The third-order valence-electron chi connectivity index (χ3n) is 3.36. The van der Waals surface area contributed by atoms with E-state index in [0.29, 0.717) is 29.9 Å². The Morgan fingerprint density at radius 2 is 1.62 bits per heavy atom. The van der Waals surface area contributed by atoms with Crippen LogP contribution >= 0.6 is 0 Å². The number of Topliss-reactive ketones (excluding diaryl/α,β-unsaturated/α-hetero) is 1. The quantitative estimate of drug-likeness (QED) is 0.699. The predicted molar refractivity (Wildman–Crippen MR) is 76.6 cm³/mol. The summed E-state index contributed by atoms with van der Waals surface area (Å²) in [4.78, 5) is 12.2. The van der Waals surface area contributed by atoms with E-state index in [2.05, 4.69) is 0 Å². The summed E-state index contributed by atoms with van der Waals surface area (Å²) in [7, 11) is 0. The van der Waals surface area contributed by atoms with Crippen LogP contribution < -0.4 is 0 Å². The van der Waals surface area contributed by atoms with Crippen molar-refractivity contribution < 1.29 is 18.0 Å². The summed E-state index contributed by atoms with van der Waals surface area (Å²) in [5, 5.41) is 0. The van der Waals surface area contributed by atoms with Crippen molar-refractivity contribution in [1.29, 1.82) is 0 Å². The molecule has 0 heterocycles. The number of allylic oxidation sites excluding steroid dienone is 3. The van der Waals surface area contributed by atoms with Gasteiger partial charge in [0.25, 0.3) is 0 Å². The van der Waals surface area contributed by atoms with E-state index in [0.717, 1.165) is 17.7 Å². The molecule has 1 saturated carbocycles. The Bertz CT molecular complexity index is 589. The van der Waals surface area contributed by atoms with Crippen molar-refractivity contribution in [3.63, 3.8) is 0 Å². The Balaban J connectivity index is 2.20. The van der Waals surface area contributed by atoms with E-state index in [4.69, 9.17) is 0 Å². The van der Waals surface area contributed by atoms with E-state index < -0.39 is 11.7 Å². The third-order valence-corrected chi connectivity index (χ3v) is 3.36. The van der Waals surface area contributed by atoms with Crippen LogP contribution in [0.15, 0.2) is 41.5 Å². The minimum Gasteiger partial charge on any atom is -0.289 e. The minimum atomic E-state index is -4.33. The van der Waals surface area contributed by atoms with Crippen LogP contribution in [-0.2, 0) is 11.0 Å². The molecule has 21 heavy (non-hydrogen) atoms. The summed E-state index contributed by atoms with van der Waals surface area (Å²) < 4.78 is 37.4. The molecule has 1 nitrogen and oxygen atoms in total. The maximum Gasteiger partial charge on any atom is 0.416 e. The van der Waals surface area contributed by atoms with Crippen LogP contribution in [0.4, 0.5) is 13.2 Å². The lowest BCUT2D eigenvalue weighted by Gasteiger charge is -2.06. The normalized spacial score (nSPS) is 20.0. The highest BCUT2D eigenvalue weighted by Gasteiger charge is 2.30. The number of alkyl halides is 3. The number of halogens is 3. The molecule has 0 spiro atoms. The summed E-state index contributed by atoms with van der Waals surface area (Å²) in [5.41, 5.74) is 1.42. The second-order valence-corrected chi connectivity index (χ2v) is 5.55. The highest BCUT2D eigenvalue weighted by molar-refractivity contribution is 6.13. The topological polar surface area (TPSA) is 17.1 Å². The minimum absolute atomic E-state index is 0.0172. The molecule has 0 radical (unpaired) electrons. The maximum atomic E-state index is 12.5. The zero-order valence-electron chi connectivity index (χ0n) is 12.0. The summed E-state index contributed by atoms with van der Waals surface area (Å²) in [6.45, 7) is 4.02. The Morgan fingerprint density at radius 1 is 1.05 bits per heavy atom. The van der Waals surface area contributed by atoms with E-state index in [1.807, 2.05) is 19.9 Å². The lowest BCUT2D eigenvalue weighted by atomic mass is 10.0. The Hall–Kier alpha value is -1.84. The van der Waals surface area contributed by atoms with Gasteiger partial charge in [-0.2, -0.15) is 13.2 Å². The fourth-order valence-electron chi connectivity index (χ4n) is 2.37. The van der Waals surface area contributed by atoms with E-state index in [-0.39, 0.29) is 5.78 Å². The van der Waals surface area contributed by atoms with E-state index >= 15 is 0 Å². The first-order chi connectivity index (χ1) is 9.77. The lowest BCUT2D eigenvalue weighted by molar-refractivity contribution is -0.137. The number of hydrogen-bond acceptors (Lipinski definition) is 1.